The molecule has 0 saturated heterocycles. The number of allylic oxidation sites excluding steroid dienone is 1. The number of aliphatic hydroxyl groups is 3. The van der Waals surface area contributed by atoms with Crippen LogP contribution in [0.4, 0.5) is 0 Å². The van der Waals surface area contributed by atoms with Gasteiger partial charge in [-0.3, -0.25) is 0 Å². The molecule has 3 heteroatoms. The maximum absolute atomic E-state index is 11.2. The molecule has 3 nitrogen and oxygen atoms in total. The number of hydrogen-bond donors (Lipinski definition) is 3. The minimum atomic E-state index is -0.588. The lowest BCUT2D eigenvalue weighted by Crippen LogP contribution is -2.63. The van der Waals surface area contributed by atoms with Crippen LogP contribution in [0, 0.1) is 34.0 Å². The highest BCUT2D eigenvalue weighted by Gasteiger charge is 2.62. The summed E-state index contributed by atoms with van der Waals surface area (Å²) >= 11 is 0. The molecule has 8 unspecified atom stereocenters. The first-order valence-corrected chi connectivity index (χ1v) is 9.31. The van der Waals surface area contributed by atoms with Gasteiger partial charge < -0.3 is 15.3 Å². The van der Waals surface area contributed by atoms with Crippen LogP contribution in [-0.2, 0) is 0 Å². The second-order valence-electron chi connectivity index (χ2n) is 9.44. The van der Waals surface area contributed by atoms with E-state index in [-0.39, 0.29) is 22.9 Å². The molecule has 132 valence electrons. The molecule has 0 radical (unpaired) electrons. The lowest BCUT2D eigenvalue weighted by Gasteiger charge is -2.64. The number of rotatable bonds is 1. The molecule has 0 spiro atoms. The second-order valence-corrected chi connectivity index (χ2v) is 9.44. The molecule has 3 aliphatic carbocycles. The molecule has 2 fully saturated rings. The molecule has 0 bridgehead atoms. The molecule has 0 aromatic heterocycles. The van der Waals surface area contributed by atoms with Crippen LogP contribution in [-0.4, -0.2) is 33.6 Å². The van der Waals surface area contributed by atoms with Gasteiger partial charge in [0.1, 0.15) is 0 Å². The Hall–Kier alpha value is -0.380. The Kier molecular flexibility index (Phi) is 4.02. The fraction of sp³-hybridized carbons (Fsp3) is 0.900. The molecule has 23 heavy (non-hydrogen) atoms. The highest BCUT2D eigenvalue weighted by Crippen LogP contribution is 2.65. The predicted octanol–water partition coefficient (Wildman–Crippen LogP) is 3.13. The van der Waals surface area contributed by atoms with E-state index in [1.165, 1.54) is 0 Å². The lowest BCUT2D eigenvalue weighted by atomic mass is 9.42. The van der Waals surface area contributed by atoms with Crippen LogP contribution in [0.2, 0.25) is 0 Å². The Balaban J connectivity index is 2.03. The summed E-state index contributed by atoms with van der Waals surface area (Å²) < 4.78 is 0. The second kappa shape index (κ2) is 5.31. The van der Waals surface area contributed by atoms with Crippen molar-refractivity contribution in [3.05, 3.63) is 12.2 Å². The predicted molar refractivity (Wildman–Crippen MR) is 91.8 cm³/mol. The summed E-state index contributed by atoms with van der Waals surface area (Å²) in [6, 6.07) is 0. The molecule has 9 atom stereocenters. The van der Waals surface area contributed by atoms with Crippen LogP contribution in [0.3, 0.4) is 0 Å². The van der Waals surface area contributed by atoms with E-state index < -0.39 is 17.6 Å². The van der Waals surface area contributed by atoms with Gasteiger partial charge in [0.25, 0.3) is 0 Å². The van der Waals surface area contributed by atoms with Gasteiger partial charge in [-0.05, 0) is 55.8 Å². The van der Waals surface area contributed by atoms with E-state index in [1.54, 1.807) is 6.92 Å². The largest absolute Gasteiger partial charge is 0.393 e. The van der Waals surface area contributed by atoms with Crippen molar-refractivity contribution < 1.29 is 15.3 Å². The molecule has 0 aromatic rings. The van der Waals surface area contributed by atoms with Crippen molar-refractivity contribution in [1.82, 2.24) is 0 Å². The van der Waals surface area contributed by atoms with Gasteiger partial charge in [-0.25, -0.2) is 0 Å². The molecule has 3 aliphatic rings. The first-order chi connectivity index (χ1) is 10.6. The topological polar surface area (TPSA) is 60.7 Å². The summed E-state index contributed by atoms with van der Waals surface area (Å²) in [7, 11) is 0. The Morgan fingerprint density at radius 2 is 1.65 bits per heavy atom. The van der Waals surface area contributed by atoms with E-state index in [4.69, 9.17) is 0 Å². The monoisotopic (exact) mass is 322 g/mol. The van der Waals surface area contributed by atoms with E-state index in [0.717, 1.165) is 25.7 Å². The summed E-state index contributed by atoms with van der Waals surface area (Å²) in [5.74, 6) is 0.951. The van der Waals surface area contributed by atoms with Crippen molar-refractivity contribution in [2.45, 2.75) is 78.6 Å². The number of hydrogen-bond acceptors (Lipinski definition) is 3. The van der Waals surface area contributed by atoms with Crippen LogP contribution >= 0.6 is 0 Å². The van der Waals surface area contributed by atoms with Crippen molar-refractivity contribution in [2.75, 3.05) is 0 Å². The SMILES string of the molecule is CC1CCC2(C)C(CCC3(C)C2C=CC(C)([C@H](C)O)C3O)C1O. The Morgan fingerprint density at radius 3 is 2.26 bits per heavy atom. The zero-order chi connectivity index (χ0) is 17.2. The zero-order valence-corrected chi connectivity index (χ0v) is 15.3. The minimum Gasteiger partial charge on any atom is -0.393 e. The Bertz CT molecular complexity index is 501. The summed E-state index contributed by atoms with van der Waals surface area (Å²) in [4.78, 5) is 0. The van der Waals surface area contributed by atoms with Crippen molar-refractivity contribution in [3.8, 4) is 0 Å². The van der Waals surface area contributed by atoms with Crippen molar-refractivity contribution in [3.63, 3.8) is 0 Å². The average molecular weight is 322 g/mol. The van der Waals surface area contributed by atoms with E-state index in [2.05, 4.69) is 26.8 Å². The summed E-state index contributed by atoms with van der Waals surface area (Å²) in [6.45, 7) is 10.4. The van der Waals surface area contributed by atoms with Crippen molar-refractivity contribution >= 4 is 0 Å². The summed E-state index contributed by atoms with van der Waals surface area (Å²) in [5, 5.41) is 32.2. The van der Waals surface area contributed by atoms with Crippen molar-refractivity contribution in [2.24, 2.45) is 34.0 Å². The molecule has 0 heterocycles. The quantitative estimate of drug-likeness (QED) is 0.650. The van der Waals surface area contributed by atoms with E-state index in [0.29, 0.717) is 11.8 Å². The fourth-order valence-corrected chi connectivity index (χ4v) is 6.16. The van der Waals surface area contributed by atoms with Crippen molar-refractivity contribution in [1.29, 1.82) is 0 Å². The summed E-state index contributed by atoms with van der Waals surface area (Å²) in [5.41, 5.74) is -0.780. The number of fused-ring (bicyclic) bond motifs is 3. The van der Waals surface area contributed by atoms with Crippen LogP contribution in [0.1, 0.15) is 60.3 Å². The maximum Gasteiger partial charge on any atom is 0.0712 e. The minimum absolute atomic E-state index is 0.0381. The lowest BCUT2D eigenvalue weighted by molar-refractivity contribution is -0.190. The first-order valence-electron chi connectivity index (χ1n) is 9.31. The smallest absolute Gasteiger partial charge is 0.0712 e. The van der Waals surface area contributed by atoms with Crippen LogP contribution < -0.4 is 0 Å². The molecule has 0 aromatic carbocycles. The first kappa shape index (κ1) is 17.4. The molecule has 0 amide bonds. The van der Waals surface area contributed by atoms with Gasteiger partial charge in [0.15, 0.2) is 0 Å². The standard InChI is InChI=1S/C20H34O3/c1-12-6-9-19(4)14(16(12)22)7-10-20(5)15(19)8-11-18(3,13(2)21)17(20)23/h8,11-17,21-23H,6-7,9-10H2,1-5H3/t12?,13-,14?,15?,16?,17?,18?,19?,20?/m0/s1. The maximum atomic E-state index is 11.2. The molecule has 3 rings (SSSR count). The third-order valence-electron chi connectivity index (χ3n) is 8.16. The van der Waals surface area contributed by atoms with Gasteiger partial charge >= 0.3 is 0 Å². The van der Waals surface area contributed by atoms with Gasteiger partial charge in [0, 0.05) is 10.8 Å². The van der Waals surface area contributed by atoms with Gasteiger partial charge in [-0.1, -0.05) is 39.8 Å². The highest BCUT2D eigenvalue weighted by molar-refractivity contribution is 5.23. The van der Waals surface area contributed by atoms with E-state index in [9.17, 15) is 15.3 Å². The summed E-state index contributed by atoms with van der Waals surface area (Å²) in [6.07, 6.45) is 6.99. The van der Waals surface area contributed by atoms with Gasteiger partial charge in [-0.2, -0.15) is 0 Å². The van der Waals surface area contributed by atoms with E-state index in [1.807, 2.05) is 13.0 Å². The molecule has 0 aliphatic heterocycles. The van der Waals surface area contributed by atoms with Gasteiger partial charge in [-0.15, -0.1) is 0 Å². The molecule has 3 N–H and O–H groups in total. The third-order valence-corrected chi connectivity index (χ3v) is 8.16. The molecular weight excluding hydrogens is 288 g/mol. The van der Waals surface area contributed by atoms with Crippen LogP contribution in [0.15, 0.2) is 12.2 Å². The van der Waals surface area contributed by atoms with Crippen LogP contribution in [0.5, 0.6) is 0 Å². The van der Waals surface area contributed by atoms with Crippen LogP contribution in [0.25, 0.3) is 0 Å². The normalized spacial score (nSPS) is 57.5. The zero-order valence-electron chi connectivity index (χ0n) is 15.3. The molecular formula is C20H34O3. The molecule has 2 saturated carbocycles. The van der Waals surface area contributed by atoms with E-state index >= 15 is 0 Å². The highest BCUT2D eigenvalue weighted by atomic mass is 16.3. The number of aliphatic hydroxyl groups excluding tert-OH is 3. The Morgan fingerprint density at radius 1 is 1.04 bits per heavy atom. The van der Waals surface area contributed by atoms with Gasteiger partial charge in [0.05, 0.1) is 18.3 Å². The third kappa shape index (κ3) is 2.19. The van der Waals surface area contributed by atoms with Gasteiger partial charge in [0.2, 0.25) is 0 Å². The fourth-order valence-electron chi connectivity index (χ4n) is 6.16. The average Bonchev–Trinajstić information content (AvgIpc) is 2.48. The Labute approximate surface area is 140 Å².